The smallest absolute Gasteiger partial charge is 0.407 e. The van der Waals surface area contributed by atoms with Crippen molar-refractivity contribution in [2.45, 2.75) is 111 Å². The van der Waals surface area contributed by atoms with Crippen molar-refractivity contribution in [2.24, 2.45) is 11.1 Å². The van der Waals surface area contributed by atoms with Crippen LogP contribution < -0.4 is 21.7 Å². The molecule has 2 atom stereocenters. The number of nitrogens with one attached hydrogen (secondary N) is 3. The molecular formula is C27H46N4O7. The van der Waals surface area contributed by atoms with Crippen molar-refractivity contribution < 1.29 is 33.8 Å². The molecule has 0 aromatic carbocycles. The van der Waals surface area contributed by atoms with Crippen molar-refractivity contribution in [3.05, 3.63) is 11.3 Å². The molecule has 216 valence electrons. The molecule has 0 bridgehead atoms. The van der Waals surface area contributed by atoms with E-state index in [-0.39, 0.29) is 29.0 Å². The van der Waals surface area contributed by atoms with Crippen LogP contribution in [0.3, 0.4) is 0 Å². The van der Waals surface area contributed by atoms with Gasteiger partial charge >= 0.3 is 12.1 Å². The highest BCUT2D eigenvalue weighted by Gasteiger charge is 2.36. The lowest BCUT2D eigenvalue weighted by molar-refractivity contribution is -0.142. The third kappa shape index (κ3) is 12.5. The second-order valence-electron chi connectivity index (χ2n) is 11.7. The minimum Gasteiger partial charge on any atom is -0.480 e. The standard InChI is InChI=1S/C27H46N4O7/c1-17(22-20(32)15-27(5,6)16-21(22)33)29-13-10-8-12-19(24(35)36)31-23(34)18(28)11-7-9-14-30-25(37)38-26(2,3)4/h18-19,29H,7-16,28H2,1-6H3,(H,30,37)(H,31,34)(H,35,36)/t18-,19-/m0/s1. The van der Waals surface area contributed by atoms with Gasteiger partial charge in [0.25, 0.3) is 0 Å². The van der Waals surface area contributed by atoms with Gasteiger partial charge in [-0.1, -0.05) is 13.8 Å². The lowest BCUT2D eigenvalue weighted by Crippen LogP contribution is -2.48. The van der Waals surface area contributed by atoms with E-state index in [9.17, 15) is 29.1 Å². The van der Waals surface area contributed by atoms with Crippen LogP contribution in [0.15, 0.2) is 11.3 Å². The number of aliphatic carboxylic acids is 1. The number of carboxylic acid groups (broad SMARTS) is 1. The molecule has 0 aromatic heterocycles. The van der Waals surface area contributed by atoms with E-state index in [1.165, 1.54) is 0 Å². The van der Waals surface area contributed by atoms with Crippen molar-refractivity contribution >= 4 is 29.5 Å². The largest absolute Gasteiger partial charge is 0.480 e. The number of nitrogens with two attached hydrogens (primary N) is 1. The molecule has 1 saturated carbocycles. The number of carbonyl (C=O) groups excluding carboxylic acids is 4. The van der Waals surface area contributed by atoms with Gasteiger partial charge in [0.1, 0.15) is 11.6 Å². The fourth-order valence-corrected chi connectivity index (χ4v) is 4.18. The minimum absolute atomic E-state index is 0.152. The molecule has 1 aliphatic carbocycles. The van der Waals surface area contributed by atoms with Gasteiger partial charge in [-0.3, -0.25) is 14.4 Å². The zero-order valence-corrected chi connectivity index (χ0v) is 23.7. The lowest BCUT2D eigenvalue weighted by atomic mass is 9.73. The predicted molar refractivity (Wildman–Crippen MR) is 143 cm³/mol. The number of ether oxygens (including phenoxy) is 1. The Morgan fingerprint density at radius 1 is 0.974 bits per heavy atom. The summed E-state index contributed by atoms with van der Waals surface area (Å²) in [6.45, 7) is 11.7. The first-order valence-corrected chi connectivity index (χ1v) is 13.3. The predicted octanol–water partition coefficient (Wildman–Crippen LogP) is 2.57. The number of carboxylic acids is 1. The fourth-order valence-electron chi connectivity index (χ4n) is 4.18. The lowest BCUT2D eigenvalue weighted by Gasteiger charge is -2.29. The first kappa shape index (κ1) is 33.1. The van der Waals surface area contributed by atoms with Crippen LogP contribution in [0.1, 0.15) is 92.9 Å². The van der Waals surface area contributed by atoms with Crippen LogP contribution in [-0.4, -0.2) is 65.4 Å². The van der Waals surface area contributed by atoms with Crippen molar-refractivity contribution in [1.82, 2.24) is 16.0 Å². The highest BCUT2D eigenvalue weighted by molar-refractivity contribution is 6.22. The number of hydrogen-bond acceptors (Lipinski definition) is 8. The Kier molecular flexibility index (Phi) is 12.9. The Morgan fingerprint density at radius 3 is 2.03 bits per heavy atom. The normalized spacial score (nSPS) is 16.9. The number of ketones is 2. The minimum atomic E-state index is -1.14. The molecule has 0 heterocycles. The summed E-state index contributed by atoms with van der Waals surface area (Å²) in [4.78, 5) is 60.4. The maximum Gasteiger partial charge on any atom is 0.407 e. The number of carbonyl (C=O) groups is 5. The third-order valence-electron chi connectivity index (χ3n) is 6.08. The number of Topliss-reactive ketones (excluding diaryl/α,β-unsaturated/α-hetero) is 2. The number of unbranched alkanes of at least 4 members (excludes halogenated alkanes) is 2. The van der Waals surface area contributed by atoms with Crippen molar-refractivity contribution in [3.63, 3.8) is 0 Å². The Labute approximate surface area is 225 Å². The highest BCUT2D eigenvalue weighted by Crippen LogP contribution is 2.34. The van der Waals surface area contributed by atoms with E-state index in [0.717, 1.165) is 0 Å². The summed E-state index contributed by atoms with van der Waals surface area (Å²) in [5.74, 6) is -1.98. The molecule has 0 radical (unpaired) electrons. The number of amides is 2. The molecule has 0 saturated heterocycles. The molecule has 1 fully saturated rings. The summed E-state index contributed by atoms with van der Waals surface area (Å²) >= 11 is 0. The van der Waals surface area contributed by atoms with Gasteiger partial charge in [0.05, 0.1) is 11.6 Å². The summed E-state index contributed by atoms with van der Waals surface area (Å²) in [6, 6.07) is -1.92. The van der Waals surface area contributed by atoms with E-state index in [4.69, 9.17) is 10.5 Å². The summed E-state index contributed by atoms with van der Waals surface area (Å²) in [5, 5.41) is 17.7. The highest BCUT2D eigenvalue weighted by atomic mass is 16.6. The van der Waals surface area contributed by atoms with Crippen molar-refractivity contribution in [1.29, 1.82) is 0 Å². The molecule has 0 unspecified atom stereocenters. The topological polar surface area (TPSA) is 177 Å². The van der Waals surface area contributed by atoms with Crippen LogP contribution in [0, 0.1) is 5.41 Å². The summed E-state index contributed by atoms with van der Waals surface area (Å²) in [5.41, 5.74) is 5.80. The van der Waals surface area contributed by atoms with Crippen LogP contribution in [0.4, 0.5) is 4.79 Å². The van der Waals surface area contributed by atoms with Gasteiger partial charge in [-0.05, 0) is 71.6 Å². The number of allylic oxidation sites excluding steroid dienone is 2. The van der Waals surface area contributed by atoms with Gasteiger partial charge in [-0.15, -0.1) is 0 Å². The molecule has 11 heteroatoms. The number of hydrogen-bond donors (Lipinski definition) is 5. The van der Waals surface area contributed by atoms with Crippen LogP contribution in [-0.2, 0) is 23.9 Å². The molecule has 1 rings (SSSR count). The second-order valence-corrected chi connectivity index (χ2v) is 11.7. The van der Waals surface area contributed by atoms with E-state index in [2.05, 4.69) is 16.0 Å². The number of alkyl carbamates (subject to hydrolysis) is 1. The Hall–Kier alpha value is -2.95. The monoisotopic (exact) mass is 538 g/mol. The first-order valence-electron chi connectivity index (χ1n) is 13.3. The van der Waals surface area contributed by atoms with Gasteiger partial charge in [0, 0.05) is 31.6 Å². The molecule has 6 N–H and O–H groups in total. The summed E-state index contributed by atoms with van der Waals surface area (Å²) < 4.78 is 5.14. The maximum absolute atomic E-state index is 12.4. The molecule has 38 heavy (non-hydrogen) atoms. The van der Waals surface area contributed by atoms with Crippen molar-refractivity contribution in [3.8, 4) is 0 Å². The van der Waals surface area contributed by atoms with E-state index >= 15 is 0 Å². The molecule has 0 aliphatic heterocycles. The Bertz CT molecular complexity index is 884. The maximum atomic E-state index is 12.4. The molecule has 11 nitrogen and oxygen atoms in total. The quantitative estimate of drug-likeness (QED) is 0.126. The zero-order chi connectivity index (χ0) is 29.1. The SMILES string of the molecule is CC(NCCCC[C@H](NC(=O)[C@@H](N)CCCCNC(=O)OC(C)(C)C)C(=O)O)=C1C(=O)CC(C)(C)CC1=O. The fraction of sp³-hybridized carbons (Fsp3) is 0.741. The van der Waals surface area contributed by atoms with Crippen LogP contribution in [0.25, 0.3) is 0 Å². The van der Waals surface area contributed by atoms with E-state index < -0.39 is 35.7 Å². The molecular weight excluding hydrogens is 492 g/mol. The summed E-state index contributed by atoms with van der Waals surface area (Å²) in [7, 11) is 0. The van der Waals surface area contributed by atoms with Gasteiger partial charge in [0.2, 0.25) is 5.91 Å². The van der Waals surface area contributed by atoms with Gasteiger partial charge in [-0.25, -0.2) is 9.59 Å². The Morgan fingerprint density at radius 2 is 1.50 bits per heavy atom. The third-order valence-corrected chi connectivity index (χ3v) is 6.08. The van der Waals surface area contributed by atoms with E-state index in [1.807, 2.05) is 13.8 Å². The second kappa shape index (κ2) is 14.8. The molecule has 2 amide bonds. The van der Waals surface area contributed by atoms with Gasteiger partial charge < -0.3 is 31.5 Å². The Balaban J connectivity index is 2.36. The molecule has 0 spiro atoms. The van der Waals surface area contributed by atoms with E-state index in [0.29, 0.717) is 63.7 Å². The van der Waals surface area contributed by atoms with Gasteiger partial charge in [0.15, 0.2) is 11.6 Å². The van der Waals surface area contributed by atoms with Crippen molar-refractivity contribution in [2.75, 3.05) is 13.1 Å². The van der Waals surface area contributed by atoms with Crippen LogP contribution in [0.5, 0.6) is 0 Å². The van der Waals surface area contributed by atoms with Crippen LogP contribution in [0.2, 0.25) is 0 Å². The van der Waals surface area contributed by atoms with Gasteiger partial charge in [-0.2, -0.15) is 0 Å². The average molecular weight is 539 g/mol. The van der Waals surface area contributed by atoms with E-state index in [1.54, 1.807) is 27.7 Å². The van der Waals surface area contributed by atoms with Crippen LogP contribution >= 0.6 is 0 Å². The zero-order valence-electron chi connectivity index (χ0n) is 23.7. The summed E-state index contributed by atoms with van der Waals surface area (Å²) in [6.07, 6.45) is 2.99. The number of rotatable bonds is 14. The molecule has 1 aliphatic rings. The molecule has 0 aromatic rings. The first-order chi connectivity index (χ1) is 17.5. The average Bonchev–Trinajstić information content (AvgIpc) is 2.74.